The van der Waals surface area contributed by atoms with Crippen molar-refractivity contribution >= 4 is 5.78 Å². The smallest absolute Gasteiger partial charge is 0.210 e. The summed E-state index contributed by atoms with van der Waals surface area (Å²) in [4.78, 5) is 14.4. The van der Waals surface area contributed by atoms with Gasteiger partial charge in [-0.05, 0) is 25.9 Å². The maximum atomic E-state index is 12.3. The molecule has 0 saturated heterocycles. The van der Waals surface area contributed by atoms with E-state index in [4.69, 9.17) is 5.73 Å². The lowest BCUT2D eigenvalue weighted by atomic mass is 10.0. The summed E-state index contributed by atoms with van der Waals surface area (Å²) in [5.41, 5.74) is 4.52. The van der Waals surface area contributed by atoms with E-state index in [2.05, 4.69) is 18.7 Å². The highest BCUT2D eigenvalue weighted by atomic mass is 16.3. The third-order valence-corrected chi connectivity index (χ3v) is 3.55. The molecule has 0 aromatic heterocycles. The molecule has 0 aliphatic heterocycles. The SMILES string of the molecule is CCCCN(CCCC)CC(N)(O)C(=O)c1ccccc1. The number of hydrogen-bond acceptors (Lipinski definition) is 4. The fourth-order valence-electron chi connectivity index (χ4n) is 2.29. The lowest BCUT2D eigenvalue weighted by Gasteiger charge is -2.30. The van der Waals surface area contributed by atoms with Gasteiger partial charge in [-0.2, -0.15) is 0 Å². The van der Waals surface area contributed by atoms with E-state index in [1.807, 2.05) is 6.07 Å². The van der Waals surface area contributed by atoms with Crippen molar-refractivity contribution in [1.29, 1.82) is 0 Å². The summed E-state index contributed by atoms with van der Waals surface area (Å²) in [5, 5.41) is 10.4. The van der Waals surface area contributed by atoms with Crippen molar-refractivity contribution in [2.24, 2.45) is 5.73 Å². The Morgan fingerprint density at radius 2 is 1.67 bits per heavy atom. The van der Waals surface area contributed by atoms with Crippen LogP contribution in [0.3, 0.4) is 0 Å². The predicted octanol–water partition coefficient (Wildman–Crippen LogP) is 2.42. The van der Waals surface area contributed by atoms with Crippen molar-refractivity contribution in [2.75, 3.05) is 19.6 Å². The minimum absolute atomic E-state index is 0.181. The van der Waals surface area contributed by atoms with Crippen molar-refractivity contribution < 1.29 is 9.90 Å². The fourth-order valence-corrected chi connectivity index (χ4v) is 2.29. The van der Waals surface area contributed by atoms with Crippen LogP contribution < -0.4 is 5.73 Å². The average Bonchev–Trinajstić information content (AvgIpc) is 2.49. The van der Waals surface area contributed by atoms with Crippen molar-refractivity contribution in [3.05, 3.63) is 35.9 Å². The van der Waals surface area contributed by atoms with Crippen LogP contribution >= 0.6 is 0 Å². The molecule has 0 aliphatic carbocycles. The van der Waals surface area contributed by atoms with Crippen LogP contribution in [0.25, 0.3) is 0 Å². The van der Waals surface area contributed by atoms with Gasteiger partial charge in [0.1, 0.15) is 0 Å². The first-order chi connectivity index (χ1) is 10.0. The highest BCUT2D eigenvalue weighted by Gasteiger charge is 2.33. The first kappa shape index (κ1) is 17.8. The van der Waals surface area contributed by atoms with Crippen LogP contribution in [0, 0.1) is 0 Å². The lowest BCUT2D eigenvalue weighted by molar-refractivity contribution is 0.0135. The van der Waals surface area contributed by atoms with Gasteiger partial charge in [0.15, 0.2) is 5.72 Å². The van der Waals surface area contributed by atoms with E-state index < -0.39 is 11.5 Å². The van der Waals surface area contributed by atoms with Crippen molar-refractivity contribution in [1.82, 2.24) is 4.90 Å². The van der Waals surface area contributed by atoms with Gasteiger partial charge in [0.2, 0.25) is 5.78 Å². The molecule has 0 bridgehead atoms. The Kier molecular flexibility index (Phi) is 7.57. The molecule has 4 heteroatoms. The topological polar surface area (TPSA) is 66.6 Å². The number of aliphatic hydroxyl groups is 1. The molecule has 0 fully saturated rings. The standard InChI is InChI=1S/C17H28N2O2/c1-3-5-12-19(13-6-4-2)14-17(18,21)16(20)15-10-8-7-9-11-15/h7-11,21H,3-6,12-14,18H2,1-2H3. The Balaban J connectivity index is 2.72. The molecular weight excluding hydrogens is 264 g/mol. The number of nitrogens with zero attached hydrogens (tertiary/aromatic N) is 1. The van der Waals surface area contributed by atoms with E-state index in [9.17, 15) is 9.90 Å². The van der Waals surface area contributed by atoms with Gasteiger partial charge in [-0.15, -0.1) is 0 Å². The first-order valence-corrected chi connectivity index (χ1v) is 7.84. The van der Waals surface area contributed by atoms with Gasteiger partial charge in [0, 0.05) is 12.1 Å². The van der Waals surface area contributed by atoms with Gasteiger partial charge in [0.05, 0.1) is 0 Å². The molecular formula is C17H28N2O2. The van der Waals surface area contributed by atoms with E-state index in [-0.39, 0.29) is 6.54 Å². The van der Waals surface area contributed by atoms with Crippen LogP contribution in [0.4, 0.5) is 0 Å². The Bertz CT molecular complexity index is 410. The molecule has 0 radical (unpaired) electrons. The Morgan fingerprint density at radius 1 is 1.14 bits per heavy atom. The Labute approximate surface area is 128 Å². The number of hydrogen-bond donors (Lipinski definition) is 2. The van der Waals surface area contributed by atoms with Gasteiger partial charge < -0.3 is 5.11 Å². The summed E-state index contributed by atoms with van der Waals surface area (Å²) in [6.07, 6.45) is 4.25. The molecule has 1 aromatic carbocycles. The number of benzene rings is 1. The molecule has 0 saturated carbocycles. The van der Waals surface area contributed by atoms with Crippen molar-refractivity contribution in [3.8, 4) is 0 Å². The van der Waals surface area contributed by atoms with Gasteiger partial charge in [-0.1, -0.05) is 57.0 Å². The van der Waals surface area contributed by atoms with Crippen molar-refractivity contribution in [2.45, 2.75) is 45.3 Å². The third kappa shape index (κ3) is 5.96. The number of unbranched alkanes of at least 4 members (excludes halogenated alkanes) is 2. The maximum Gasteiger partial charge on any atom is 0.210 e. The normalized spacial score (nSPS) is 14.1. The van der Waals surface area contributed by atoms with Gasteiger partial charge in [-0.25, -0.2) is 0 Å². The van der Waals surface area contributed by atoms with Crippen molar-refractivity contribution in [3.63, 3.8) is 0 Å². The van der Waals surface area contributed by atoms with Crippen LogP contribution in [0.1, 0.15) is 49.9 Å². The second kappa shape index (κ2) is 8.93. The zero-order valence-corrected chi connectivity index (χ0v) is 13.2. The molecule has 1 aromatic rings. The largest absolute Gasteiger partial charge is 0.368 e. The molecule has 0 spiro atoms. The summed E-state index contributed by atoms with van der Waals surface area (Å²) in [6.45, 7) is 6.15. The van der Waals surface area contributed by atoms with Gasteiger partial charge in [0.25, 0.3) is 0 Å². The lowest BCUT2D eigenvalue weighted by Crippen LogP contribution is -2.56. The summed E-state index contributed by atoms with van der Waals surface area (Å²) in [5.74, 6) is -0.416. The highest BCUT2D eigenvalue weighted by molar-refractivity contribution is 6.02. The molecule has 4 nitrogen and oxygen atoms in total. The van der Waals surface area contributed by atoms with Crippen LogP contribution in [0.2, 0.25) is 0 Å². The zero-order valence-electron chi connectivity index (χ0n) is 13.2. The summed E-state index contributed by atoms with van der Waals surface area (Å²) < 4.78 is 0. The second-order valence-electron chi connectivity index (χ2n) is 5.60. The van der Waals surface area contributed by atoms with E-state index in [1.54, 1.807) is 24.3 Å². The summed E-state index contributed by atoms with van der Waals surface area (Å²) >= 11 is 0. The number of carbonyl (C=O) groups is 1. The van der Waals surface area contributed by atoms with Crippen LogP contribution in [-0.2, 0) is 0 Å². The molecule has 3 N–H and O–H groups in total. The van der Waals surface area contributed by atoms with Crippen LogP contribution in [-0.4, -0.2) is 41.1 Å². The molecule has 1 rings (SSSR count). The predicted molar refractivity (Wildman–Crippen MR) is 86.2 cm³/mol. The third-order valence-electron chi connectivity index (χ3n) is 3.55. The van der Waals surface area contributed by atoms with Crippen LogP contribution in [0.15, 0.2) is 30.3 Å². The van der Waals surface area contributed by atoms with Crippen LogP contribution in [0.5, 0.6) is 0 Å². The van der Waals surface area contributed by atoms with Gasteiger partial charge >= 0.3 is 0 Å². The fraction of sp³-hybridized carbons (Fsp3) is 0.588. The van der Waals surface area contributed by atoms with E-state index >= 15 is 0 Å². The Hall–Kier alpha value is -1.23. The molecule has 0 heterocycles. The first-order valence-electron chi connectivity index (χ1n) is 7.84. The monoisotopic (exact) mass is 292 g/mol. The number of ketones is 1. The average molecular weight is 292 g/mol. The number of rotatable bonds is 10. The molecule has 0 amide bonds. The quantitative estimate of drug-likeness (QED) is 0.513. The number of carbonyl (C=O) groups excluding carboxylic acids is 1. The van der Waals surface area contributed by atoms with E-state index in [0.717, 1.165) is 38.8 Å². The number of Topliss-reactive ketones (excluding diaryl/α,β-unsaturated/α-hetero) is 1. The Morgan fingerprint density at radius 3 is 2.14 bits per heavy atom. The molecule has 118 valence electrons. The zero-order chi connectivity index (χ0) is 15.7. The molecule has 1 unspecified atom stereocenters. The minimum atomic E-state index is -1.83. The van der Waals surface area contributed by atoms with E-state index in [1.165, 1.54) is 0 Å². The second-order valence-corrected chi connectivity index (χ2v) is 5.60. The number of nitrogens with two attached hydrogens (primary N) is 1. The summed E-state index contributed by atoms with van der Waals surface area (Å²) in [7, 11) is 0. The highest BCUT2D eigenvalue weighted by Crippen LogP contribution is 2.12. The minimum Gasteiger partial charge on any atom is -0.368 e. The van der Waals surface area contributed by atoms with Gasteiger partial charge in [-0.3, -0.25) is 15.4 Å². The van der Waals surface area contributed by atoms with E-state index in [0.29, 0.717) is 5.56 Å². The summed E-state index contributed by atoms with van der Waals surface area (Å²) in [6, 6.07) is 8.75. The molecule has 1 atom stereocenters. The maximum absolute atomic E-state index is 12.3. The molecule has 21 heavy (non-hydrogen) atoms. The molecule has 0 aliphatic rings.